The molecule has 0 saturated heterocycles. The van der Waals surface area contributed by atoms with Crippen LogP contribution in [0.25, 0.3) is 0 Å². The summed E-state index contributed by atoms with van der Waals surface area (Å²) >= 11 is 6.23. The third-order valence-electron chi connectivity index (χ3n) is 4.27. The van der Waals surface area contributed by atoms with Gasteiger partial charge in [0.05, 0.1) is 0 Å². The van der Waals surface area contributed by atoms with E-state index >= 15 is 0 Å². The van der Waals surface area contributed by atoms with Crippen LogP contribution < -0.4 is 5.32 Å². The van der Waals surface area contributed by atoms with Gasteiger partial charge in [0.15, 0.2) is 0 Å². The zero-order valence-electron chi connectivity index (χ0n) is 11.7. The molecule has 0 atom stereocenters. The number of aryl methyl sites for hydroxylation is 1. The van der Waals surface area contributed by atoms with Crippen LogP contribution in [0.4, 0.5) is 0 Å². The average molecular weight is 282 g/mol. The normalized spacial score (nSPS) is 18.5. The summed E-state index contributed by atoms with van der Waals surface area (Å²) in [5.74, 6) is 0. The Morgan fingerprint density at radius 3 is 2.63 bits per heavy atom. The van der Waals surface area contributed by atoms with Gasteiger partial charge in [-0.25, -0.2) is 0 Å². The minimum absolute atomic E-state index is 0.0927. The average Bonchev–Trinajstić information content (AvgIpc) is 2.42. The van der Waals surface area contributed by atoms with Crippen molar-refractivity contribution in [2.45, 2.75) is 45.6 Å². The molecule has 0 unspecified atom stereocenters. The van der Waals surface area contributed by atoms with Crippen LogP contribution in [-0.4, -0.2) is 18.3 Å². The number of hydrogen-bond acceptors (Lipinski definition) is 2. The van der Waals surface area contributed by atoms with E-state index in [9.17, 15) is 5.11 Å². The van der Waals surface area contributed by atoms with Crippen molar-refractivity contribution in [2.24, 2.45) is 5.41 Å². The predicted octanol–water partition coefficient (Wildman–Crippen LogP) is 3.68. The van der Waals surface area contributed by atoms with E-state index in [1.54, 1.807) is 0 Å². The maximum absolute atomic E-state index is 9.66. The molecule has 0 radical (unpaired) electrons. The third kappa shape index (κ3) is 3.95. The Bertz CT molecular complexity index is 413. The van der Waals surface area contributed by atoms with Crippen LogP contribution in [0.15, 0.2) is 18.2 Å². The smallest absolute Gasteiger partial charge is 0.0499 e. The summed E-state index contributed by atoms with van der Waals surface area (Å²) in [6.07, 6.45) is 6.07. The lowest BCUT2D eigenvalue weighted by Gasteiger charge is -2.35. The molecule has 1 fully saturated rings. The molecule has 2 rings (SSSR count). The quantitative estimate of drug-likeness (QED) is 0.863. The molecule has 3 heteroatoms. The predicted molar refractivity (Wildman–Crippen MR) is 80.5 cm³/mol. The second kappa shape index (κ2) is 6.74. The van der Waals surface area contributed by atoms with Gasteiger partial charge in [0.2, 0.25) is 0 Å². The topological polar surface area (TPSA) is 32.3 Å². The number of rotatable bonds is 5. The standard InChI is InChI=1S/C16H24ClNO/c1-13-5-6-14(15(17)9-13)10-18-11-16(12-19)7-3-2-4-8-16/h5-6,9,18-19H,2-4,7-8,10-12H2,1H3. The van der Waals surface area contributed by atoms with Gasteiger partial charge in [-0.15, -0.1) is 0 Å². The first kappa shape index (κ1) is 14.8. The molecule has 0 bridgehead atoms. The zero-order valence-corrected chi connectivity index (χ0v) is 12.5. The molecule has 1 aliphatic rings. The lowest BCUT2D eigenvalue weighted by atomic mass is 9.74. The number of halogens is 1. The number of hydrogen-bond donors (Lipinski definition) is 2. The van der Waals surface area contributed by atoms with Gasteiger partial charge in [-0.3, -0.25) is 0 Å². The van der Waals surface area contributed by atoms with Crippen molar-refractivity contribution >= 4 is 11.6 Å². The van der Waals surface area contributed by atoms with E-state index in [1.165, 1.54) is 24.8 Å². The maximum atomic E-state index is 9.66. The summed E-state index contributed by atoms with van der Waals surface area (Å²) < 4.78 is 0. The summed E-state index contributed by atoms with van der Waals surface area (Å²) in [4.78, 5) is 0. The lowest BCUT2D eigenvalue weighted by Crippen LogP contribution is -2.38. The van der Waals surface area contributed by atoms with Crippen LogP contribution in [0, 0.1) is 12.3 Å². The molecule has 0 aromatic heterocycles. The molecular formula is C16H24ClNO. The van der Waals surface area contributed by atoms with E-state index in [-0.39, 0.29) is 5.41 Å². The largest absolute Gasteiger partial charge is 0.396 e. The van der Waals surface area contributed by atoms with Crippen LogP contribution in [0.1, 0.15) is 43.2 Å². The van der Waals surface area contributed by atoms with Gasteiger partial charge in [-0.1, -0.05) is 43.0 Å². The number of aliphatic hydroxyl groups excluding tert-OH is 1. The summed E-state index contributed by atoms with van der Waals surface area (Å²) in [6.45, 7) is 4.00. The lowest BCUT2D eigenvalue weighted by molar-refractivity contribution is 0.0810. The van der Waals surface area contributed by atoms with Gasteiger partial charge in [0.1, 0.15) is 0 Å². The molecule has 1 aromatic rings. The minimum atomic E-state index is 0.0927. The summed E-state index contributed by atoms with van der Waals surface area (Å²) in [5, 5.41) is 14.0. The van der Waals surface area contributed by atoms with Crippen LogP contribution in [-0.2, 0) is 6.54 Å². The second-order valence-corrected chi connectivity index (χ2v) is 6.32. The van der Waals surface area contributed by atoms with Crippen LogP contribution in [0.5, 0.6) is 0 Å². The van der Waals surface area contributed by atoms with Gasteiger partial charge in [-0.05, 0) is 37.0 Å². The molecule has 2 nitrogen and oxygen atoms in total. The number of aliphatic hydroxyl groups is 1. The SMILES string of the molecule is Cc1ccc(CNCC2(CO)CCCCC2)c(Cl)c1. The van der Waals surface area contributed by atoms with Crippen molar-refractivity contribution in [3.63, 3.8) is 0 Å². The summed E-state index contributed by atoms with van der Waals surface area (Å²) in [7, 11) is 0. The Morgan fingerprint density at radius 1 is 1.26 bits per heavy atom. The zero-order chi connectivity index (χ0) is 13.7. The number of nitrogens with one attached hydrogen (secondary N) is 1. The van der Waals surface area contributed by atoms with Gasteiger partial charge in [0.25, 0.3) is 0 Å². The Labute approximate surface area is 121 Å². The van der Waals surface area contributed by atoms with Crippen molar-refractivity contribution in [2.75, 3.05) is 13.2 Å². The van der Waals surface area contributed by atoms with Crippen LogP contribution in [0.3, 0.4) is 0 Å². The van der Waals surface area contributed by atoms with E-state index < -0.39 is 0 Å². The Morgan fingerprint density at radius 2 is 2.00 bits per heavy atom. The first-order chi connectivity index (χ1) is 9.15. The highest BCUT2D eigenvalue weighted by atomic mass is 35.5. The van der Waals surface area contributed by atoms with Gasteiger partial charge < -0.3 is 10.4 Å². The Kier molecular flexibility index (Phi) is 5.26. The van der Waals surface area contributed by atoms with Crippen molar-refractivity contribution in [1.29, 1.82) is 0 Å². The highest BCUT2D eigenvalue weighted by Crippen LogP contribution is 2.35. The first-order valence-corrected chi connectivity index (χ1v) is 7.60. The molecule has 106 valence electrons. The van der Waals surface area contributed by atoms with E-state index in [0.29, 0.717) is 6.61 Å². The van der Waals surface area contributed by atoms with Crippen molar-refractivity contribution in [3.8, 4) is 0 Å². The van der Waals surface area contributed by atoms with Crippen molar-refractivity contribution in [3.05, 3.63) is 34.3 Å². The highest BCUT2D eigenvalue weighted by Gasteiger charge is 2.30. The molecule has 1 aromatic carbocycles. The third-order valence-corrected chi connectivity index (χ3v) is 4.63. The highest BCUT2D eigenvalue weighted by molar-refractivity contribution is 6.31. The first-order valence-electron chi connectivity index (χ1n) is 7.22. The van der Waals surface area contributed by atoms with Gasteiger partial charge in [0, 0.05) is 30.1 Å². The fourth-order valence-electron chi connectivity index (χ4n) is 2.95. The van der Waals surface area contributed by atoms with E-state index in [4.69, 9.17) is 11.6 Å². The fraction of sp³-hybridized carbons (Fsp3) is 0.625. The minimum Gasteiger partial charge on any atom is -0.396 e. The molecule has 2 N–H and O–H groups in total. The molecule has 1 saturated carbocycles. The Hall–Kier alpha value is -0.570. The molecule has 0 amide bonds. The molecule has 19 heavy (non-hydrogen) atoms. The van der Waals surface area contributed by atoms with Crippen LogP contribution in [0.2, 0.25) is 5.02 Å². The fourth-order valence-corrected chi connectivity index (χ4v) is 3.25. The molecule has 1 aliphatic carbocycles. The van der Waals surface area contributed by atoms with E-state index in [1.807, 2.05) is 13.0 Å². The monoisotopic (exact) mass is 281 g/mol. The molecule has 0 spiro atoms. The van der Waals surface area contributed by atoms with Gasteiger partial charge in [-0.2, -0.15) is 0 Å². The molecule has 0 aliphatic heterocycles. The summed E-state index contributed by atoms with van der Waals surface area (Å²) in [5.41, 5.74) is 2.42. The van der Waals surface area contributed by atoms with Crippen molar-refractivity contribution < 1.29 is 5.11 Å². The van der Waals surface area contributed by atoms with Crippen LogP contribution >= 0.6 is 11.6 Å². The molecular weight excluding hydrogens is 258 g/mol. The number of benzene rings is 1. The van der Waals surface area contributed by atoms with Gasteiger partial charge >= 0.3 is 0 Å². The molecule has 0 heterocycles. The second-order valence-electron chi connectivity index (χ2n) is 5.92. The summed E-state index contributed by atoms with van der Waals surface area (Å²) in [6, 6.07) is 6.17. The Balaban J connectivity index is 1.88. The van der Waals surface area contributed by atoms with E-state index in [2.05, 4.69) is 17.4 Å². The van der Waals surface area contributed by atoms with Crippen molar-refractivity contribution in [1.82, 2.24) is 5.32 Å². The maximum Gasteiger partial charge on any atom is 0.0499 e. The van der Waals surface area contributed by atoms with E-state index in [0.717, 1.165) is 36.5 Å².